The fourth-order valence-electron chi connectivity index (χ4n) is 2.17. The van der Waals surface area contributed by atoms with Crippen molar-refractivity contribution < 1.29 is 14.6 Å². The summed E-state index contributed by atoms with van der Waals surface area (Å²) in [5.41, 5.74) is 1.71. The number of halogens is 1. The Balaban J connectivity index is 2.16. The molecule has 110 valence electrons. The highest BCUT2D eigenvalue weighted by molar-refractivity contribution is 6.30. The normalized spacial score (nSPS) is 11.9. The van der Waals surface area contributed by atoms with Crippen LogP contribution in [0, 0.1) is 0 Å². The van der Waals surface area contributed by atoms with Crippen LogP contribution in [0.15, 0.2) is 48.5 Å². The smallest absolute Gasteiger partial charge is 0.311 e. The van der Waals surface area contributed by atoms with Crippen molar-refractivity contribution in [3.8, 4) is 5.75 Å². The second-order valence-electron chi connectivity index (χ2n) is 4.72. The molecule has 0 amide bonds. The Hall–Kier alpha value is -2.00. The molecule has 0 spiro atoms. The minimum Gasteiger partial charge on any atom is -0.494 e. The Bertz CT molecular complexity index is 590. The molecule has 0 bridgehead atoms. The van der Waals surface area contributed by atoms with E-state index in [1.165, 1.54) is 0 Å². The van der Waals surface area contributed by atoms with E-state index in [1.54, 1.807) is 24.3 Å². The molecule has 4 heteroatoms. The van der Waals surface area contributed by atoms with Crippen molar-refractivity contribution in [1.29, 1.82) is 0 Å². The van der Waals surface area contributed by atoms with Gasteiger partial charge in [-0.15, -0.1) is 0 Å². The first-order chi connectivity index (χ1) is 10.1. The van der Waals surface area contributed by atoms with E-state index < -0.39 is 11.9 Å². The maximum atomic E-state index is 11.5. The summed E-state index contributed by atoms with van der Waals surface area (Å²) in [7, 11) is 0. The monoisotopic (exact) mass is 304 g/mol. The summed E-state index contributed by atoms with van der Waals surface area (Å²) in [5, 5.41) is 10.0. The highest BCUT2D eigenvalue weighted by atomic mass is 35.5. The molecular formula is C17H17ClO3. The number of benzene rings is 2. The largest absolute Gasteiger partial charge is 0.494 e. The summed E-state index contributed by atoms with van der Waals surface area (Å²) in [6.07, 6.45) is 0.434. The van der Waals surface area contributed by atoms with Gasteiger partial charge in [0.1, 0.15) is 5.75 Å². The van der Waals surface area contributed by atoms with E-state index >= 15 is 0 Å². The zero-order valence-corrected chi connectivity index (χ0v) is 12.5. The molecule has 3 nitrogen and oxygen atoms in total. The molecule has 0 fully saturated rings. The average molecular weight is 305 g/mol. The van der Waals surface area contributed by atoms with Crippen molar-refractivity contribution in [2.75, 3.05) is 6.61 Å². The van der Waals surface area contributed by atoms with Crippen LogP contribution in [-0.2, 0) is 11.2 Å². The number of hydrogen-bond donors (Lipinski definition) is 1. The van der Waals surface area contributed by atoms with Gasteiger partial charge in [0, 0.05) is 5.02 Å². The Labute approximate surface area is 129 Å². The Morgan fingerprint density at radius 2 is 1.76 bits per heavy atom. The van der Waals surface area contributed by atoms with Gasteiger partial charge in [-0.3, -0.25) is 4.79 Å². The summed E-state index contributed by atoms with van der Waals surface area (Å²) < 4.78 is 5.38. The SMILES string of the molecule is CCOc1ccc(CC(C(=O)O)c2ccc(Cl)cc2)cc1. The zero-order valence-electron chi connectivity index (χ0n) is 11.8. The molecule has 0 saturated heterocycles. The fraction of sp³-hybridized carbons (Fsp3) is 0.235. The van der Waals surface area contributed by atoms with Crippen LogP contribution in [0.3, 0.4) is 0 Å². The van der Waals surface area contributed by atoms with Crippen molar-refractivity contribution in [3.63, 3.8) is 0 Å². The van der Waals surface area contributed by atoms with Crippen molar-refractivity contribution in [1.82, 2.24) is 0 Å². The molecule has 2 rings (SSSR count). The van der Waals surface area contributed by atoms with Gasteiger partial charge in [-0.25, -0.2) is 0 Å². The second kappa shape index (κ2) is 7.14. The van der Waals surface area contributed by atoms with Crippen LogP contribution in [-0.4, -0.2) is 17.7 Å². The molecule has 0 aliphatic rings. The molecule has 1 atom stereocenters. The van der Waals surface area contributed by atoms with Gasteiger partial charge in [-0.05, 0) is 48.7 Å². The van der Waals surface area contributed by atoms with Gasteiger partial charge >= 0.3 is 5.97 Å². The standard InChI is InChI=1S/C17H17ClO3/c1-2-21-15-9-3-12(4-10-15)11-16(17(19)20)13-5-7-14(18)8-6-13/h3-10,16H,2,11H2,1H3,(H,19,20). The topological polar surface area (TPSA) is 46.5 Å². The lowest BCUT2D eigenvalue weighted by Crippen LogP contribution is -2.14. The predicted octanol–water partition coefficient (Wildman–Crippen LogP) is 4.15. The number of hydrogen-bond acceptors (Lipinski definition) is 2. The molecule has 0 saturated carbocycles. The van der Waals surface area contributed by atoms with E-state index in [0.717, 1.165) is 16.9 Å². The molecule has 1 unspecified atom stereocenters. The average Bonchev–Trinajstić information content (AvgIpc) is 2.47. The van der Waals surface area contributed by atoms with E-state index in [2.05, 4.69) is 0 Å². The van der Waals surface area contributed by atoms with Crippen LogP contribution >= 0.6 is 11.6 Å². The van der Waals surface area contributed by atoms with Crippen molar-refractivity contribution in [3.05, 3.63) is 64.7 Å². The van der Waals surface area contributed by atoms with Gasteiger partial charge in [-0.2, -0.15) is 0 Å². The molecule has 2 aromatic carbocycles. The van der Waals surface area contributed by atoms with Crippen LogP contribution in [0.4, 0.5) is 0 Å². The van der Waals surface area contributed by atoms with E-state index in [4.69, 9.17) is 16.3 Å². The maximum Gasteiger partial charge on any atom is 0.311 e. The summed E-state index contributed by atoms with van der Waals surface area (Å²) in [4.78, 5) is 11.5. The molecule has 21 heavy (non-hydrogen) atoms. The first-order valence-corrected chi connectivity index (χ1v) is 7.18. The molecule has 2 aromatic rings. The second-order valence-corrected chi connectivity index (χ2v) is 5.16. The third-order valence-corrected chi connectivity index (χ3v) is 3.50. The van der Waals surface area contributed by atoms with Gasteiger partial charge < -0.3 is 9.84 Å². The Kier molecular flexibility index (Phi) is 5.23. The number of rotatable bonds is 6. The quantitative estimate of drug-likeness (QED) is 0.872. The summed E-state index contributed by atoms with van der Waals surface area (Å²) in [6, 6.07) is 14.5. The van der Waals surface area contributed by atoms with E-state index in [0.29, 0.717) is 18.1 Å². The van der Waals surface area contributed by atoms with Gasteiger partial charge in [0.15, 0.2) is 0 Å². The highest BCUT2D eigenvalue weighted by Crippen LogP contribution is 2.24. The van der Waals surface area contributed by atoms with Crippen LogP contribution in [0.2, 0.25) is 5.02 Å². The first-order valence-electron chi connectivity index (χ1n) is 6.80. The number of aliphatic carboxylic acids is 1. The fourth-order valence-corrected chi connectivity index (χ4v) is 2.29. The van der Waals surface area contributed by atoms with Gasteiger partial charge in [0.2, 0.25) is 0 Å². The van der Waals surface area contributed by atoms with Gasteiger partial charge in [0.25, 0.3) is 0 Å². The van der Waals surface area contributed by atoms with Crippen molar-refractivity contribution in [2.24, 2.45) is 0 Å². The molecular weight excluding hydrogens is 288 g/mol. The maximum absolute atomic E-state index is 11.5. The summed E-state index contributed by atoms with van der Waals surface area (Å²) in [6.45, 7) is 2.54. The van der Waals surface area contributed by atoms with Gasteiger partial charge in [-0.1, -0.05) is 35.9 Å². The van der Waals surface area contributed by atoms with E-state index in [-0.39, 0.29) is 0 Å². The van der Waals surface area contributed by atoms with Crippen LogP contribution in [0.5, 0.6) is 5.75 Å². The van der Waals surface area contributed by atoms with E-state index in [1.807, 2.05) is 31.2 Å². The highest BCUT2D eigenvalue weighted by Gasteiger charge is 2.20. The molecule has 1 N–H and O–H groups in total. The lowest BCUT2D eigenvalue weighted by atomic mass is 9.92. The van der Waals surface area contributed by atoms with Crippen LogP contribution in [0.25, 0.3) is 0 Å². The predicted molar refractivity (Wildman–Crippen MR) is 83.1 cm³/mol. The molecule has 0 aromatic heterocycles. The number of carboxylic acids is 1. The molecule has 0 heterocycles. The Morgan fingerprint density at radius 3 is 2.29 bits per heavy atom. The third kappa shape index (κ3) is 4.23. The summed E-state index contributed by atoms with van der Waals surface area (Å²) in [5.74, 6) is -0.633. The molecule has 0 radical (unpaired) electrons. The van der Waals surface area contributed by atoms with Crippen molar-refractivity contribution >= 4 is 17.6 Å². The minimum absolute atomic E-state index is 0.434. The number of carboxylic acid groups (broad SMARTS) is 1. The minimum atomic E-state index is -0.841. The third-order valence-electron chi connectivity index (χ3n) is 3.24. The van der Waals surface area contributed by atoms with Gasteiger partial charge in [0.05, 0.1) is 12.5 Å². The summed E-state index contributed by atoms with van der Waals surface area (Å²) >= 11 is 5.84. The first kappa shape index (κ1) is 15.4. The number of ether oxygens (including phenoxy) is 1. The van der Waals surface area contributed by atoms with Crippen molar-refractivity contribution in [2.45, 2.75) is 19.3 Å². The lowest BCUT2D eigenvalue weighted by Gasteiger charge is -2.13. The van der Waals surface area contributed by atoms with Crippen LogP contribution < -0.4 is 4.74 Å². The van der Waals surface area contributed by atoms with E-state index in [9.17, 15) is 9.90 Å². The van der Waals surface area contributed by atoms with Crippen LogP contribution in [0.1, 0.15) is 24.0 Å². The zero-order chi connectivity index (χ0) is 15.2. The Morgan fingerprint density at radius 1 is 1.14 bits per heavy atom. The molecule has 0 aliphatic heterocycles. The lowest BCUT2D eigenvalue weighted by molar-refractivity contribution is -0.138. The number of carbonyl (C=O) groups is 1. The molecule has 0 aliphatic carbocycles.